The molecule has 0 fully saturated rings. The number of hydrogen-bond acceptors (Lipinski definition) is 14. The average molecular weight is 887 g/mol. The zero-order valence-electron chi connectivity index (χ0n) is 34.7. The van der Waals surface area contributed by atoms with Gasteiger partial charge in [-0.1, -0.05) is 0 Å². The van der Waals surface area contributed by atoms with Gasteiger partial charge in [-0.2, -0.15) is 5.26 Å². The lowest BCUT2D eigenvalue weighted by Gasteiger charge is -2.16. The zero-order chi connectivity index (χ0) is 47.5. The lowest BCUT2D eigenvalue weighted by atomic mass is 10.1. The number of fused-ring (bicyclic) bond motifs is 1. The van der Waals surface area contributed by atoms with Gasteiger partial charge < -0.3 is 60.9 Å². The van der Waals surface area contributed by atoms with Crippen molar-refractivity contribution >= 4 is 69.2 Å². The maximum atomic E-state index is 13.1. The van der Waals surface area contributed by atoms with Crippen molar-refractivity contribution in [3.05, 3.63) is 135 Å². The minimum Gasteiger partial charge on any atom is -0.508 e. The van der Waals surface area contributed by atoms with Crippen LogP contribution in [0.1, 0.15) is 64.3 Å². The van der Waals surface area contributed by atoms with Crippen molar-refractivity contribution in [3.8, 4) is 34.8 Å². The van der Waals surface area contributed by atoms with Gasteiger partial charge in [0.2, 0.25) is 5.91 Å². The van der Waals surface area contributed by atoms with Crippen LogP contribution in [0.5, 0.6) is 28.7 Å². The molecule has 20 nitrogen and oxygen atoms in total. The summed E-state index contributed by atoms with van der Waals surface area (Å²) in [6.07, 6.45) is 0. The van der Waals surface area contributed by atoms with E-state index in [1.807, 2.05) is 0 Å². The first-order valence-electron chi connectivity index (χ1n) is 18.8. The highest BCUT2D eigenvalue weighted by atomic mass is 16.5. The number of nitriles is 1. The topological polar surface area (TPSA) is 316 Å². The van der Waals surface area contributed by atoms with E-state index in [0.717, 1.165) is 13.2 Å². The van der Waals surface area contributed by atoms with Gasteiger partial charge in [-0.25, -0.2) is 9.59 Å². The number of hydrogen-bond donors (Lipinski definition) is 9. The molecule has 65 heavy (non-hydrogen) atoms. The molecule has 5 aromatic carbocycles. The monoisotopic (exact) mass is 886 g/mol. The fourth-order valence-electron chi connectivity index (χ4n) is 6.17. The number of aromatic hydroxyl groups is 3. The van der Waals surface area contributed by atoms with Crippen LogP contribution in [-0.2, 0) is 4.79 Å². The number of benzene rings is 5. The molecule has 0 aliphatic carbocycles. The molecule has 9 N–H and O–H groups in total. The molecule has 0 saturated carbocycles. The first-order valence-corrected chi connectivity index (χ1v) is 18.8. The van der Waals surface area contributed by atoms with Crippen LogP contribution in [0, 0.1) is 18.3 Å². The van der Waals surface area contributed by atoms with Gasteiger partial charge in [0, 0.05) is 40.9 Å². The van der Waals surface area contributed by atoms with Gasteiger partial charge in [-0.05, 0) is 97.4 Å². The molecular weight excluding hydrogens is 849 g/mol. The molecule has 0 saturated heterocycles. The molecule has 0 spiro atoms. The second-order valence-electron chi connectivity index (χ2n) is 13.4. The van der Waals surface area contributed by atoms with Crippen LogP contribution >= 0.6 is 0 Å². The molecule has 0 radical (unpaired) electrons. The fraction of sp³-hybridized carbons (Fsp3) is 0.111. The van der Waals surface area contributed by atoms with Crippen LogP contribution < -0.4 is 41.7 Å². The molecule has 1 heterocycles. The van der Waals surface area contributed by atoms with E-state index < -0.39 is 64.7 Å². The van der Waals surface area contributed by atoms with Crippen LogP contribution in [0.2, 0.25) is 0 Å². The number of carbonyl (C=O) groups is 6. The van der Waals surface area contributed by atoms with Crippen molar-refractivity contribution in [2.24, 2.45) is 0 Å². The first-order chi connectivity index (χ1) is 31.0. The minimum absolute atomic E-state index is 0.00602. The molecule has 0 aliphatic rings. The predicted octanol–water partition coefficient (Wildman–Crippen LogP) is 5.59. The van der Waals surface area contributed by atoms with Crippen molar-refractivity contribution in [1.29, 1.82) is 5.26 Å². The maximum absolute atomic E-state index is 13.1. The van der Waals surface area contributed by atoms with Crippen molar-refractivity contribution in [1.82, 2.24) is 5.32 Å². The molecular formula is C45H38N6O14. The van der Waals surface area contributed by atoms with Gasteiger partial charge in [0.15, 0.2) is 23.0 Å². The normalized spacial score (nSPS) is 10.3. The average Bonchev–Trinajstić information content (AvgIpc) is 3.26. The van der Waals surface area contributed by atoms with E-state index in [2.05, 4.69) is 26.6 Å². The predicted molar refractivity (Wildman–Crippen MR) is 234 cm³/mol. The fourth-order valence-corrected chi connectivity index (χ4v) is 6.17. The molecule has 332 valence electrons. The zero-order valence-corrected chi connectivity index (χ0v) is 34.7. The summed E-state index contributed by atoms with van der Waals surface area (Å²) >= 11 is 0. The molecule has 0 atom stereocenters. The number of nitrogens with one attached hydrogen (secondary N) is 5. The number of anilines is 4. The number of carboxylic acids is 1. The quantitative estimate of drug-likeness (QED) is 0.0639. The van der Waals surface area contributed by atoms with E-state index in [1.54, 1.807) is 13.0 Å². The number of phenols is 3. The van der Waals surface area contributed by atoms with E-state index in [4.69, 9.17) is 19.2 Å². The van der Waals surface area contributed by atoms with Gasteiger partial charge >= 0.3 is 11.6 Å². The third-order valence-electron chi connectivity index (χ3n) is 9.27. The third kappa shape index (κ3) is 10.7. The number of amides is 5. The Kier molecular flexibility index (Phi) is 14.7. The standard InChI is InChI=1S/C43H35N5O14.C2H3N/c1-20-26-13-12-25(49)18-31(26)62-43(59)33(20)41(56)46-24-10-4-21(5-11-24)38(53)44-19-32(50)45-23-8-6-22(7-9-23)39(54)47-29-16-14-27(34(51)36(29)60-2)40(55)48-30-17-15-28(42(57)58)35(52)37(30)61-3;1-2-3/h4-18,49,51-52H,19H2,1-3H3,(H,44,53)(H,45,50)(H,46,56)(H,47,54)(H,48,55)(H,57,58);1H3. The van der Waals surface area contributed by atoms with Crippen molar-refractivity contribution < 1.29 is 63.1 Å². The van der Waals surface area contributed by atoms with Crippen LogP contribution in [-0.4, -0.2) is 76.7 Å². The van der Waals surface area contributed by atoms with Crippen LogP contribution in [0.15, 0.2) is 100 Å². The Balaban J connectivity index is 0.00000257. The Morgan fingerprint density at radius 3 is 1.72 bits per heavy atom. The van der Waals surface area contributed by atoms with E-state index in [9.17, 15) is 54.0 Å². The molecule has 5 amide bonds. The number of nitrogens with zero attached hydrogens (tertiary/aromatic N) is 1. The molecule has 0 bridgehead atoms. The number of carboxylic acid groups (broad SMARTS) is 1. The lowest BCUT2D eigenvalue weighted by molar-refractivity contribution is -0.115. The number of phenolic OH excluding ortho intramolecular Hbond substituents is 2. The Bertz CT molecular complexity index is 2960. The molecule has 6 rings (SSSR count). The lowest BCUT2D eigenvalue weighted by Crippen LogP contribution is -2.32. The molecule has 1 aromatic heterocycles. The Hall–Kier alpha value is -9.38. The number of aromatic carboxylic acids is 1. The van der Waals surface area contributed by atoms with Gasteiger partial charge in [0.25, 0.3) is 23.6 Å². The SMILES string of the molecule is CC#N.COc1c(NC(=O)c2ccc(NC(=O)c3ccc(NC(=O)CNC(=O)c4ccc(NC(=O)c5c(C)c6ccc(O)cc6oc5=O)cc4)cc3)c(OC)c2O)ccc(C(=O)O)c1O. The van der Waals surface area contributed by atoms with Crippen molar-refractivity contribution in [2.45, 2.75) is 13.8 Å². The molecule has 6 aromatic rings. The van der Waals surface area contributed by atoms with Gasteiger partial charge in [0.05, 0.1) is 43.8 Å². The van der Waals surface area contributed by atoms with Crippen molar-refractivity contribution in [3.63, 3.8) is 0 Å². The smallest absolute Gasteiger partial charge is 0.349 e. The number of carbonyl (C=O) groups excluding carboxylic acids is 5. The van der Waals surface area contributed by atoms with E-state index in [1.165, 1.54) is 99.0 Å². The summed E-state index contributed by atoms with van der Waals surface area (Å²) < 4.78 is 15.5. The summed E-state index contributed by atoms with van der Waals surface area (Å²) in [5, 5.41) is 60.5. The Labute approximate surface area is 367 Å². The summed E-state index contributed by atoms with van der Waals surface area (Å²) in [6, 6.07) is 22.1. The molecule has 0 unspecified atom stereocenters. The second kappa shape index (κ2) is 20.5. The van der Waals surface area contributed by atoms with Crippen LogP contribution in [0.4, 0.5) is 22.7 Å². The summed E-state index contributed by atoms with van der Waals surface area (Å²) in [7, 11) is 2.36. The summed E-state index contributed by atoms with van der Waals surface area (Å²) in [5.41, 5.74) is -0.616. The largest absolute Gasteiger partial charge is 0.508 e. The number of methoxy groups -OCH3 is 2. The number of aryl methyl sites for hydroxylation is 1. The van der Waals surface area contributed by atoms with Crippen molar-refractivity contribution in [2.75, 3.05) is 42.0 Å². The maximum Gasteiger partial charge on any atom is 0.349 e. The highest BCUT2D eigenvalue weighted by Crippen LogP contribution is 2.40. The summed E-state index contributed by atoms with van der Waals surface area (Å²) in [6.45, 7) is 2.59. The molecule has 0 aliphatic heterocycles. The van der Waals surface area contributed by atoms with E-state index in [0.29, 0.717) is 16.6 Å². The number of ether oxygens (including phenoxy) is 2. The minimum atomic E-state index is -1.42. The first kappa shape index (κ1) is 46.7. The van der Waals surface area contributed by atoms with E-state index in [-0.39, 0.29) is 62.1 Å². The number of rotatable bonds is 13. The highest BCUT2D eigenvalue weighted by molar-refractivity contribution is 6.11. The van der Waals surface area contributed by atoms with Crippen LogP contribution in [0.25, 0.3) is 11.0 Å². The summed E-state index contributed by atoms with van der Waals surface area (Å²) in [4.78, 5) is 88.5. The highest BCUT2D eigenvalue weighted by Gasteiger charge is 2.24. The molecule has 20 heteroatoms. The third-order valence-corrected chi connectivity index (χ3v) is 9.27. The van der Waals surface area contributed by atoms with Crippen LogP contribution in [0.3, 0.4) is 0 Å². The second-order valence-corrected chi connectivity index (χ2v) is 13.4. The Morgan fingerprint density at radius 1 is 0.662 bits per heavy atom. The Morgan fingerprint density at radius 2 is 1.17 bits per heavy atom. The van der Waals surface area contributed by atoms with Gasteiger partial charge in [-0.15, -0.1) is 0 Å². The van der Waals surface area contributed by atoms with Gasteiger partial charge in [-0.3, -0.25) is 24.0 Å². The summed E-state index contributed by atoms with van der Waals surface area (Å²) in [5.74, 6) is -6.93. The van der Waals surface area contributed by atoms with Gasteiger partial charge in [0.1, 0.15) is 22.5 Å². The van der Waals surface area contributed by atoms with E-state index >= 15 is 0 Å².